The molecule has 7 amide bonds. The minimum atomic E-state index is -3.12. The van der Waals surface area contributed by atoms with Gasteiger partial charge in [0.25, 0.3) is 11.8 Å². The lowest BCUT2D eigenvalue weighted by Crippen LogP contribution is -2.51. The molecule has 1 aromatic heterocycles. The number of fused-ring (bicyclic) bond motifs is 1. The van der Waals surface area contributed by atoms with Gasteiger partial charge in [-0.3, -0.25) is 82.3 Å². The zero-order valence-corrected chi connectivity index (χ0v) is 57.4. The molecule has 538 valence electrons. The van der Waals surface area contributed by atoms with E-state index in [-0.39, 0.29) is 138 Å². The van der Waals surface area contributed by atoms with Crippen molar-refractivity contribution in [2.45, 2.75) is 114 Å². The van der Waals surface area contributed by atoms with Gasteiger partial charge in [-0.15, -0.1) is 11.8 Å². The van der Waals surface area contributed by atoms with Crippen LogP contribution in [-0.2, 0) is 49.6 Å². The van der Waals surface area contributed by atoms with E-state index in [0.717, 1.165) is 37.1 Å². The number of pyridine rings is 1. The summed E-state index contributed by atoms with van der Waals surface area (Å²) in [6, 6.07) is 13.8. The molecule has 3 aromatic rings. The molecule has 2 aromatic carbocycles. The first kappa shape index (κ1) is 77.6. The van der Waals surface area contributed by atoms with E-state index in [1.807, 2.05) is 11.8 Å². The first-order chi connectivity index (χ1) is 46.8. The van der Waals surface area contributed by atoms with Crippen molar-refractivity contribution in [1.29, 1.82) is 5.41 Å². The number of aryl methyl sites for hydroxylation is 2. The Morgan fingerprint density at radius 1 is 0.724 bits per heavy atom. The van der Waals surface area contributed by atoms with Crippen molar-refractivity contribution in [3.05, 3.63) is 71.4 Å². The highest BCUT2D eigenvalue weighted by Gasteiger charge is 2.48. The molecule has 5 heterocycles. The fourth-order valence-electron chi connectivity index (χ4n) is 12.6. The normalized spacial score (nSPS) is 19.3. The molecule has 0 spiro atoms. The van der Waals surface area contributed by atoms with Gasteiger partial charge in [0.15, 0.2) is 0 Å². The maximum atomic E-state index is 14.2. The van der Waals surface area contributed by atoms with Gasteiger partial charge in [0.05, 0.1) is 74.2 Å². The van der Waals surface area contributed by atoms with Crippen molar-refractivity contribution < 1.29 is 76.8 Å². The second-order valence-electron chi connectivity index (χ2n) is 26.0. The fourth-order valence-corrected chi connectivity index (χ4v) is 14.0. The second kappa shape index (κ2) is 38.6. The lowest BCUT2D eigenvalue weighted by molar-refractivity contribution is -0.143. The van der Waals surface area contributed by atoms with Crippen molar-refractivity contribution in [3.63, 3.8) is 0 Å². The Morgan fingerprint density at radius 2 is 1.34 bits per heavy atom. The van der Waals surface area contributed by atoms with Gasteiger partial charge in [-0.05, 0) is 88.7 Å². The zero-order valence-electron chi connectivity index (χ0n) is 56.6. The SMILES string of the molecule is CC(=N)[C@H]1CC(F)(F)CN1C(=O)CNC(=O)c1ccnc2ccc(OCCCCN3CCN(C(=O)C(C)CN4C(=O)CC(SC(CCCCCNC(=O)CCCc5ccc(C)cc5)CNC(=O)CN5CCN(CC(=O)O)CCN(CC(=O)O)CCN(CC(=O)O)CC5)C4=O)CC3)cc12. The summed E-state index contributed by atoms with van der Waals surface area (Å²) < 4.78 is 34.4. The number of halogens is 2. The number of ether oxygens (including phenoxy) is 1. The van der Waals surface area contributed by atoms with Gasteiger partial charge in [-0.1, -0.05) is 49.6 Å². The molecule has 4 fully saturated rings. The number of imide groups is 1. The van der Waals surface area contributed by atoms with Crippen LogP contribution in [0.1, 0.15) is 99.5 Å². The summed E-state index contributed by atoms with van der Waals surface area (Å²) in [5.74, 6) is -9.15. The fraction of sp³-hybridized carbons (Fsp3) is 0.618. The number of benzene rings is 2. The Hall–Kier alpha value is -7.77. The molecule has 3 unspecified atom stereocenters. The molecule has 7 N–H and O–H groups in total. The summed E-state index contributed by atoms with van der Waals surface area (Å²) in [5, 5.41) is 44.8. The highest BCUT2D eigenvalue weighted by atomic mass is 32.2. The number of rotatable bonds is 35. The molecular formula is C68H97F2N13O14S. The van der Waals surface area contributed by atoms with Crippen LogP contribution in [0.15, 0.2) is 54.7 Å². The van der Waals surface area contributed by atoms with E-state index in [1.54, 1.807) is 44.7 Å². The Bertz CT molecular complexity index is 3220. The number of hydrogen-bond donors (Lipinski definition) is 7. The van der Waals surface area contributed by atoms with E-state index in [9.17, 15) is 72.0 Å². The first-order valence-corrected chi connectivity index (χ1v) is 34.9. The molecule has 98 heavy (non-hydrogen) atoms. The van der Waals surface area contributed by atoms with Crippen molar-refractivity contribution in [2.75, 3.05) is 151 Å². The molecular weight excluding hydrogens is 1290 g/mol. The molecule has 0 saturated carbocycles. The van der Waals surface area contributed by atoms with E-state index >= 15 is 0 Å². The Balaban J connectivity index is 0.868. The second-order valence-corrected chi connectivity index (χ2v) is 27.6. The number of aromatic nitrogens is 1. The molecule has 4 aliphatic rings. The van der Waals surface area contributed by atoms with Gasteiger partial charge < -0.3 is 51.2 Å². The molecule has 27 nitrogen and oxygen atoms in total. The predicted molar refractivity (Wildman–Crippen MR) is 363 cm³/mol. The molecule has 0 radical (unpaired) electrons. The number of nitrogens with zero attached hydrogens (tertiary/aromatic N) is 9. The van der Waals surface area contributed by atoms with Crippen LogP contribution in [0.4, 0.5) is 8.78 Å². The summed E-state index contributed by atoms with van der Waals surface area (Å²) in [6.45, 7) is 8.41. The average Bonchev–Trinajstić information content (AvgIpc) is 1.69. The largest absolute Gasteiger partial charge is 0.494 e. The number of carboxylic acids is 3. The van der Waals surface area contributed by atoms with Crippen LogP contribution < -0.4 is 20.7 Å². The maximum Gasteiger partial charge on any atom is 0.317 e. The number of amides is 7. The van der Waals surface area contributed by atoms with Gasteiger partial charge in [-0.2, -0.15) is 0 Å². The monoisotopic (exact) mass is 1390 g/mol. The number of carboxylic acid groups (broad SMARTS) is 3. The number of unbranched alkanes of at least 4 members (excludes halogenated alkanes) is 3. The van der Waals surface area contributed by atoms with E-state index in [4.69, 9.17) is 10.1 Å². The Kier molecular flexibility index (Phi) is 30.5. The van der Waals surface area contributed by atoms with E-state index in [0.29, 0.717) is 88.1 Å². The van der Waals surface area contributed by atoms with Crippen LogP contribution >= 0.6 is 11.8 Å². The van der Waals surface area contributed by atoms with Gasteiger partial charge >= 0.3 is 17.9 Å². The number of likely N-dealkylation sites (tertiary alicyclic amines) is 2. The minimum Gasteiger partial charge on any atom is -0.494 e. The third-order valence-electron chi connectivity index (χ3n) is 18.1. The number of alkyl halides is 2. The molecule has 7 rings (SSSR count). The highest BCUT2D eigenvalue weighted by Crippen LogP contribution is 2.34. The number of carbonyl (C=O) groups excluding carboxylic acids is 7. The number of nitrogens with one attached hydrogen (secondary N) is 4. The van der Waals surface area contributed by atoms with Crippen LogP contribution in [0.5, 0.6) is 5.75 Å². The first-order valence-electron chi connectivity index (χ1n) is 34.0. The average molecular weight is 1390 g/mol. The van der Waals surface area contributed by atoms with E-state index in [2.05, 4.69) is 50.1 Å². The van der Waals surface area contributed by atoms with E-state index < -0.39 is 78.3 Å². The van der Waals surface area contributed by atoms with Gasteiger partial charge in [0.2, 0.25) is 35.4 Å². The molecule has 4 atom stereocenters. The molecule has 30 heteroatoms. The van der Waals surface area contributed by atoms with Crippen molar-refractivity contribution in [2.24, 2.45) is 5.92 Å². The van der Waals surface area contributed by atoms with Crippen molar-refractivity contribution in [3.8, 4) is 5.75 Å². The van der Waals surface area contributed by atoms with Gasteiger partial charge in [0.1, 0.15) is 5.75 Å². The zero-order chi connectivity index (χ0) is 70.9. The summed E-state index contributed by atoms with van der Waals surface area (Å²) in [5.41, 5.74) is 3.02. The standard InChI is InChI=1S/C68H97F2N13O14S/c1-47-13-15-50(16-14-47)10-9-12-58(84)73-20-6-4-5-11-52(39-74-59(85)42-77-23-25-78(43-62(88)89)27-29-80(45-64(92)93)30-28-79(26-24-77)44-63(90)91)98-57-37-60(86)82(67(57)96)41-48(2)66(95)81-33-31-76(32-34-81)22-7-8-35-97-51-17-18-55-54(36-51)53(19-21-72-55)65(94)75-40-61(87)83-46-68(69,70)38-56(83)49(3)71/h13-19,21,36,48,52,56-57,71H,4-12,20,22-35,37-46H2,1-3H3,(H,73,84)(H,74,85)(H,75,94)(H,88,89)(H,90,91)(H,92,93)/t48?,52?,56-,57?/m1/s1. The lowest BCUT2D eigenvalue weighted by Gasteiger charge is -2.36. The molecule has 0 aliphatic carbocycles. The number of thioether (sulfide) groups is 1. The number of hydrogen-bond acceptors (Lipinski definition) is 19. The summed E-state index contributed by atoms with van der Waals surface area (Å²) in [7, 11) is 0. The highest BCUT2D eigenvalue weighted by molar-refractivity contribution is 8.01. The van der Waals surface area contributed by atoms with Crippen molar-refractivity contribution in [1.82, 2.24) is 60.1 Å². The maximum absolute atomic E-state index is 14.2. The van der Waals surface area contributed by atoms with Gasteiger partial charge in [-0.25, -0.2) is 8.78 Å². The number of carbonyl (C=O) groups is 10. The number of piperazine rings is 1. The molecule has 4 saturated heterocycles. The van der Waals surface area contributed by atoms with Crippen LogP contribution in [0.2, 0.25) is 0 Å². The molecule has 4 aliphatic heterocycles. The third-order valence-corrected chi connectivity index (χ3v) is 19.6. The Morgan fingerprint density at radius 3 is 1.95 bits per heavy atom. The topological polar surface area (TPSA) is 339 Å². The van der Waals surface area contributed by atoms with Gasteiger partial charge in [0, 0.05) is 140 Å². The summed E-state index contributed by atoms with van der Waals surface area (Å²) in [6.07, 6.45) is 6.84. The Labute approximate surface area is 575 Å². The van der Waals surface area contributed by atoms with Crippen molar-refractivity contribution >= 4 is 87.6 Å². The quantitative estimate of drug-likeness (QED) is 0.0253. The minimum absolute atomic E-state index is 0.0231. The van der Waals surface area contributed by atoms with Crippen LogP contribution in [-0.4, -0.2) is 298 Å². The third kappa shape index (κ3) is 25.5. The number of aliphatic carboxylic acids is 3. The van der Waals surface area contributed by atoms with E-state index in [1.165, 1.54) is 47.0 Å². The van der Waals surface area contributed by atoms with Crippen LogP contribution in [0.3, 0.4) is 0 Å². The summed E-state index contributed by atoms with van der Waals surface area (Å²) in [4.78, 5) is 147. The predicted octanol–water partition coefficient (Wildman–Crippen LogP) is 3.01. The van der Waals surface area contributed by atoms with Crippen LogP contribution in [0.25, 0.3) is 10.9 Å². The van der Waals surface area contributed by atoms with Crippen LogP contribution in [0, 0.1) is 18.3 Å². The summed E-state index contributed by atoms with van der Waals surface area (Å²) >= 11 is 1.31. The smallest absolute Gasteiger partial charge is 0.317 e. The lowest BCUT2D eigenvalue weighted by atomic mass is 10.1. The molecule has 0 bridgehead atoms.